The molecular weight excluding hydrogens is 174 g/mol. The van der Waals surface area contributed by atoms with Crippen molar-refractivity contribution in [3.8, 4) is 0 Å². The van der Waals surface area contributed by atoms with E-state index in [0.29, 0.717) is 5.41 Å². The van der Waals surface area contributed by atoms with Crippen LogP contribution < -0.4 is 5.73 Å². The summed E-state index contributed by atoms with van der Waals surface area (Å²) in [6, 6.07) is 0. The van der Waals surface area contributed by atoms with Crippen LogP contribution in [0, 0.1) is 17.3 Å². The fourth-order valence-corrected chi connectivity index (χ4v) is 3.61. The molecule has 2 nitrogen and oxygen atoms in total. The lowest BCUT2D eigenvalue weighted by Gasteiger charge is -2.29. The van der Waals surface area contributed by atoms with Crippen LogP contribution in [0.15, 0.2) is 0 Å². The maximum Gasteiger partial charge on any atom is 0.103 e. The Labute approximate surface area is 87.2 Å². The Kier molecular flexibility index (Phi) is 2.20. The van der Waals surface area contributed by atoms with Crippen molar-refractivity contribution in [3.63, 3.8) is 0 Å². The quantitative estimate of drug-likeness (QED) is 0.690. The molecular formula is C12H23NO. The highest BCUT2D eigenvalue weighted by Gasteiger charge is 2.73. The van der Waals surface area contributed by atoms with Gasteiger partial charge in [0.05, 0.1) is 5.60 Å². The molecule has 0 bridgehead atoms. The van der Waals surface area contributed by atoms with Gasteiger partial charge in [-0.05, 0) is 37.0 Å². The minimum Gasteiger partial charge on any atom is -0.357 e. The van der Waals surface area contributed by atoms with Crippen molar-refractivity contribution in [2.45, 2.75) is 58.8 Å². The highest BCUT2D eigenvalue weighted by Crippen LogP contribution is 2.71. The number of fused-ring (bicyclic) bond motifs is 1. The van der Waals surface area contributed by atoms with Gasteiger partial charge in [0, 0.05) is 0 Å². The van der Waals surface area contributed by atoms with E-state index in [1.165, 1.54) is 19.3 Å². The highest BCUT2D eigenvalue weighted by molar-refractivity contribution is 5.22. The Hall–Kier alpha value is -0.0800. The van der Waals surface area contributed by atoms with Gasteiger partial charge in [-0.2, -0.15) is 0 Å². The molecule has 14 heavy (non-hydrogen) atoms. The smallest absolute Gasteiger partial charge is 0.103 e. The van der Waals surface area contributed by atoms with Gasteiger partial charge in [0.2, 0.25) is 0 Å². The van der Waals surface area contributed by atoms with E-state index in [-0.39, 0.29) is 11.8 Å². The van der Waals surface area contributed by atoms with Gasteiger partial charge in [-0.1, -0.05) is 27.2 Å². The summed E-state index contributed by atoms with van der Waals surface area (Å²) in [5, 5.41) is 0. The molecule has 2 saturated carbocycles. The second kappa shape index (κ2) is 2.96. The normalized spacial score (nSPS) is 46.9. The Balaban J connectivity index is 2.15. The van der Waals surface area contributed by atoms with E-state index < -0.39 is 0 Å². The summed E-state index contributed by atoms with van der Waals surface area (Å²) in [6.45, 7) is 8.94. The zero-order valence-corrected chi connectivity index (χ0v) is 9.84. The summed E-state index contributed by atoms with van der Waals surface area (Å²) in [7, 11) is 0. The molecule has 0 amide bonds. The zero-order valence-electron chi connectivity index (χ0n) is 9.84. The Bertz CT molecular complexity index is 232. The lowest BCUT2D eigenvalue weighted by Crippen LogP contribution is -2.35. The number of ether oxygens (including phenoxy) is 1. The second-order valence-electron chi connectivity index (χ2n) is 5.87. The van der Waals surface area contributed by atoms with E-state index in [9.17, 15) is 0 Å². The van der Waals surface area contributed by atoms with Crippen molar-refractivity contribution in [2.24, 2.45) is 23.0 Å². The molecule has 0 aromatic carbocycles. The fraction of sp³-hybridized carbons (Fsp3) is 1.00. The number of nitrogens with two attached hydrogens (primary N) is 1. The van der Waals surface area contributed by atoms with Crippen LogP contribution in [0.25, 0.3) is 0 Å². The van der Waals surface area contributed by atoms with Crippen LogP contribution in [0.2, 0.25) is 0 Å². The molecule has 2 aliphatic carbocycles. The van der Waals surface area contributed by atoms with Crippen molar-refractivity contribution < 1.29 is 4.74 Å². The van der Waals surface area contributed by atoms with Gasteiger partial charge in [0.15, 0.2) is 0 Å². The molecule has 2 rings (SSSR count). The van der Waals surface area contributed by atoms with E-state index >= 15 is 0 Å². The lowest BCUT2D eigenvalue weighted by atomic mass is 9.88. The Morgan fingerprint density at radius 2 is 2.00 bits per heavy atom. The molecule has 0 heterocycles. The third-order valence-electron chi connectivity index (χ3n) is 4.44. The monoisotopic (exact) mass is 197 g/mol. The van der Waals surface area contributed by atoms with Gasteiger partial charge >= 0.3 is 0 Å². The molecule has 2 heteroatoms. The van der Waals surface area contributed by atoms with Gasteiger partial charge in [0.25, 0.3) is 0 Å². The maximum absolute atomic E-state index is 6.02. The molecule has 0 aliphatic heterocycles. The van der Waals surface area contributed by atoms with Crippen molar-refractivity contribution >= 4 is 0 Å². The lowest BCUT2D eigenvalue weighted by molar-refractivity contribution is -0.0647. The summed E-state index contributed by atoms with van der Waals surface area (Å²) in [6.07, 6.45) is 3.76. The van der Waals surface area contributed by atoms with Crippen molar-refractivity contribution in [3.05, 3.63) is 0 Å². The molecule has 82 valence electrons. The average Bonchev–Trinajstić information content (AvgIpc) is 2.45. The first-order chi connectivity index (χ1) is 6.40. The maximum atomic E-state index is 6.02. The molecule has 2 aliphatic rings. The Morgan fingerprint density at radius 1 is 1.36 bits per heavy atom. The Morgan fingerprint density at radius 3 is 2.57 bits per heavy atom. The van der Waals surface area contributed by atoms with E-state index in [2.05, 4.69) is 20.8 Å². The highest BCUT2D eigenvalue weighted by atomic mass is 16.5. The first-order valence-electron chi connectivity index (χ1n) is 5.83. The largest absolute Gasteiger partial charge is 0.357 e. The van der Waals surface area contributed by atoms with Crippen LogP contribution in [-0.2, 0) is 4.74 Å². The minimum atomic E-state index is -0.121. The van der Waals surface area contributed by atoms with Crippen LogP contribution in [0.4, 0.5) is 0 Å². The SMILES string of the molecule is CC1CCC2C(C)(C)C2(OC(C)N)C1. The summed E-state index contributed by atoms with van der Waals surface area (Å²) in [5.74, 6) is 1.55. The number of hydrogen-bond donors (Lipinski definition) is 1. The van der Waals surface area contributed by atoms with E-state index in [4.69, 9.17) is 10.5 Å². The third kappa shape index (κ3) is 1.24. The molecule has 4 unspecified atom stereocenters. The van der Waals surface area contributed by atoms with Gasteiger partial charge in [-0.15, -0.1) is 0 Å². The average molecular weight is 197 g/mol. The molecule has 0 radical (unpaired) electrons. The minimum absolute atomic E-state index is 0.110. The van der Waals surface area contributed by atoms with E-state index in [1.807, 2.05) is 6.92 Å². The van der Waals surface area contributed by atoms with Crippen LogP contribution in [0.5, 0.6) is 0 Å². The second-order valence-corrected chi connectivity index (χ2v) is 5.87. The van der Waals surface area contributed by atoms with E-state index in [1.54, 1.807) is 0 Å². The standard InChI is InChI=1S/C12H23NO/c1-8-5-6-10-11(3,4)12(10,7-8)14-9(2)13/h8-10H,5-7,13H2,1-4H3. The molecule has 2 N–H and O–H groups in total. The van der Waals surface area contributed by atoms with Crippen molar-refractivity contribution in [1.82, 2.24) is 0 Å². The van der Waals surface area contributed by atoms with Crippen LogP contribution in [0.1, 0.15) is 47.0 Å². The summed E-state index contributed by atoms with van der Waals surface area (Å²) < 4.78 is 6.02. The molecule has 0 spiro atoms. The van der Waals surface area contributed by atoms with Gasteiger partial charge < -0.3 is 10.5 Å². The summed E-state index contributed by atoms with van der Waals surface area (Å²) in [4.78, 5) is 0. The van der Waals surface area contributed by atoms with Gasteiger partial charge in [0.1, 0.15) is 6.23 Å². The van der Waals surface area contributed by atoms with E-state index in [0.717, 1.165) is 11.8 Å². The molecule has 4 atom stereocenters. The van der Waals surface area contributed by atoms with Gasteiger partial charge in [-0.25, -0.2) is 0 Å². The summed E-state index contributed by atoms with van der Waals surface area (Å²) >= 11 is 0. The first-order valence-corrected chi connectivity index (χ1v) is 5.83. The topological polar surface area (TPSA) is 35.2 Å². The van der Waals surface area contributed by atoms with Crippen LogP contribution in [-0.4, -0.2) is 11.8 Å². The van der Waals surface area contributed by atoms with Crippen LogP contribution >= 0.6 is 0 Å². The molecule has 2 fully saturated rings. The van der Waals surface area contributed by atoms with Crippen LogP contribution in [0.3, 0.4) is 0 Å². The number of hydrogen-bond acceptors (Lipinski definition) is 2. The molecule has 0 aromatic rings. The summed E-state index contributed by atoms with van der Waals surface area (Å²) in [5.41, 5.74) is 6.24. The van der Waals surface area contributed by atoms with Crippen molar-refractivity contribution in [2.75, 3.05) is 0 Å². The van der Waals surface area contributed by atoms with Gasteiger partial charge in [-0.3, -0.25) is 0 Å². The number of rotatable bonds is 2. The third-order valence-corrected chi connectivity index (χ3v) is 4.44. The molecule has 0 saturated heterocycles. The first kappa shape index (κ1) is 10.4. The predicted octanol–water partition coefficient (Wildman–Crippen LogP) is 2.52. The van der Waals surface area contributed by atoms with Crippen molar-refractivity contribution in [1.29, 1.82) is 0 Å². The molecule has 0 aromatic heterocycles. The zero-order chi connectivity index (χ0) is 10.6. The predicted molar refractivity (Wildman–Crippen MR) is 57.8 cm³/mol. The fourth-order valence-electron chi connectivity index (χ4n) is 3.61.